The number of H-pyrrole nitrogens is 1. The van der Waals surface area contributed by atoms with Crippen molar-refractivity contribution in [2.24, 2.45) is 0 Å². The third-order valence-corrected chi connectivity index (χ3v) is 7.46. The average molecular weight is 567 g/mol. The lowest BCUT2D eigenvalue weighted by Gasteiger charge is -2.37. The maximum Gasteiger partial charge on any atom is 0.406 e. The number of carbonyl (C=O) groups is 2. The number of piperidine rings is 1. The van der Waals surface area contributed by atoms with Gasteiger partial charge in [0.05, 0.1) is 5.52 Å². The topological polar surface area (TPSA) is 103 Å². The summed E-state index contributed by atoms with van der Waals surface area (Å²) in [5.41, 5.74) is 0.227. The van der Waals surface area contributed by atoms with E-state index in [4.69, 9.17) is 0 Å². The molecule has 14 heteroatoms. The molecule has 40 heavy (non-hydrogen) atoms. The SMILES string of the molecule is O=C1[C@H](NC(=O)N2CCCCC2n2c(=O)[nH]c3ncccc32)CC[C@@H](c2cccc(F)c2F)CN1CC(F)(F)F. The molecule has 4 heterocycles. The predicted molar refractivity (Wildman–Crippen MR) is 133 cm³/mol. The van der Waals surface area contributed by atoms with Crippen molar-refractivity contribution in [3.63, 3.8) is 0 Å². The highest BCUT2D eigenvalue weighted by molar-refractivity contribution is 5.87. The molecule has 0 spiro atoms. The monoisotopic (exact) mass is 566 g/mol. The summed E-state index contributed by atoms with van der Waals surface area (Å²) < 4.78 is 70.1. The first-order chi connectivity index (χ1) is 19.0. The Balaban J connectivity index is 1.41. The number of hydrogen-bond donors (Lipinski definition) is 2. The third kappa shape index (κ3) is 5.52. The van der Waals surface area contributed by atoms with Gasteiger partial charge >= 0.3 is 17.9 Å². The minimum absolute atomic E-state index is 0.0302. The Hall–Kier alpha value is -3.97. The van der Waals surface area contributed by atoms with Gasteiger partial charge in [0, 0.05) is 25.2 Å². The standard InChI is InChI=1S/C26H27F5N6O3/c27-17-6-3-5-16(21(17)28)15-9-10-18(23(38)35(13-15)14-26(29,30)31)33-24(39)36-12-2-1-8-20(36)37-19-7-4-11-32-22(19)34-25(37)40/h3-7,11,15,18,20H,1-2,8-10,12-14H2,(H,33,39)(H,32,34,40)/t15-,18-,20?/m1/s1. The van der Waals surface area contributed by atoms with Crippen LogP contribution in [0.3, 0.4) is 0 Å². The molecule has 0 bridgehead atoms. The Morgan fingerprint density at radius 2 is 1.88 bits per heavy atom. The number of carbonyl (C=O) groups excluding carboxylic acids is 2. The number of hydrogen-bond acceptors (Lipinski definition) is 4. The Morgan fingerprint density at radius 1 is 1.07 bits per heavy atom. The number of nitrogens with one attached hydrogen (secondary N) is 2. The van der Waals surface area contributed by atoms with Crippen LogP contribution in [0.15, 0.2) is 41.3 Å². The molecule has 214 valence electrons. The number of amides is 3. The summed E-state index contributed by atoms with van der Waals surface area (Å²) in [5.74, 6) is -4.20. The fraction of sp³-hybridized carbons (Fsp3) is 0.462. The Morgan fingerprint density at radius 3 is 2.65 bits per heavy atom. The Bertz CT molecular complexity index is 1470. The first kappa shape index (κ1) is 27.6. The fourth-order valence-electron chi connectivity index (χ4n) is 5.65. The van der Waals surface area contributed by atoms with Crippen LogP contribution < -0.4 is 11.0 Å². The molecule has 3 atom stereocenters. The van der Waals surface area contributed by atoms with Crippen LogP contribution in [0.2, 0.25) is 0 Å². The zero-order valence-corrected chi connectivity index (χ0v) is 21.3. The maximum atomic E-state index is 14.5. The summed E-state index contributed by atoms with van der Waals surface area (Å²) in [5, 5.41) is 2.57. The second-order valence-electron chi connectivity index (χ2n) is 10.1. The molecular weight excluding hydrogens is 539 g/mol. The molecular formula is C26H27F5N6O3. The number of alkyl halides is 3. The minimum Gasteiger partial charge on any atom is -0.331 e. The number of imidazole rings is 1. The highest BCUT2D eigenvalue weighted by Crippen LogP contribution is 2.32. The van der Waals surface area contributed by atoms with Crippen molar-refractivity contribution in [1.29, 1.82) is 0 Å². The van der Waals surface area contributed by atoms with Crippen molar-refractivity contribution < 1.29 is 31.5 Å². The van der Waals surface area contributed by atoms with Gasteiger partial charge in [0.1, 0.15) is 18.8 Å². The van der Waals surface area contributed by atoms with Gasteiger partial charge < -0.3 is 15.1 Å². The van der Waals surface area contributed by atoms with Crippen molar-refractivity contribution in [2.75, 3.05) is 19.6 Å². The van der Waals surface area contributed by atoms with Crippen LogP contribution in [0, 0.1) is 11.6 Å². The predicted octanol–water partition coefficient (Wildman–Crippen LogP) is 4.03. The van der Waals surface area contributed by atoms with Crippen LogP contribution in [0.5, 0.6) is 0 Å². The van der Waals surface area contributed by atoms with Crippen LogP contribution in [-0.4, -0.2) is 68.1 Å². The quantitative estimate of drug-likeness (QED) is 0.466. The molecule has 3 amide bonds. The van der Waals surface area contributed by atoms with E-state index in [-0.39, 0.29) is 24.9 Å². The number of nitrogens with zero attached hydrogens (tertiary/aromatic N) is 4. The number of likely N-dealkylation sites (tertiary alicyclic amines) is 2. The lowest BCUT2D eigenvalue weighted by molar-refractivity contribution is -0.162. The lowest BCUT2D eigenvalue weighted by Crippen LogP contribution is -2.55. The molecule has 5 rings (SSSR count). The van der Waals surface area contributed by atoms with E-state index in [0.717, 1.165) is 12.5 Å². The number of benzene rings is 1. The highest BCUT2D eigenvalue weighted by atomic mass is 19.4. The van der Waals surface area contributed by atoms with E-state index in [1.165, 1.54) is 27.8 Å². The summed E-state index contributed by atoms with van der Waals surface area (Å²) in [6.07, 6.45) is -2.22. The number of halogens is 5. The van der Waals surface area contributed by atoms with E-state index in [0.29, 0.717) is 28.9 Å². The fourth-order valence-corrected chi connectivity index (χ4v) is 5.65. The van der Waals surface area contributed by atoms with Crippen molar-refractivity contribution in [3.8, 4) is 0 Å². The first-order valence-electron chi connectivity index (χ1n) is 13.0. The Kier molecular flexibility index (Phi) is 7.51. The smallest absolute Gasteiger partial charge is 0.331 e. The summed E-state index contributed by atoms with van der Waals surface area (Å²) in [4.78, 5) is 48.2. The van der Waals surface area contributed by atoms with Gasteiger partial charge in [0.25, 0.3) is 0 Å². The molecule has 0 aliphatic carbocycles. The van der Waals surface area contributed by atoms with E-state index in [2.05, 4.69) is 15.3 Å². The summed E-state index contributed by atoms with van der Waals surface area (Å²) in [6.45, 7) is -1.84. The zero-order chi connectivity index (χ0) is 28.6. The zero-order valence-electron chi connectivity index (χ0n) is 21.3. The number of urea groups is 1. The minimum atomic E-state index is -4.75. The van der Waals surface area contributed by atoms with Gasteiger partial charge in [-0.25, -0.2) is 23.4 Å². The number of fused-ring (bicyclic) bond motifs is 1. The molecule has 0 radical (unpaired) electrons. The molecule has 2 aromatic heterocycles. The summed E-state index contributed by atoms with van der Waals surface area (Å²) in [7, 11) is 0. The number of rotatable bonds is 4. The van der Waals surface area contributed by atoms with Crippen molar-refractivity contribution in [1.82, 2.24) is 29.7 Å². The van der Waals surface area contributed by atoms with Crippen LogP contribution >= 0.6 is 0 Å². The van der Waals surface area contributed by atoms with Crippen LogP contribution in [0.25, 0.3) is 11.2 Å². The molecule has 2 aliphatic heterocycles. The number of aromatic amines is 1. The van der Waals surface area contributed by atoms with Crippen LogP contribution in [0.4, 0.5) is 26.7 Å². The van der Waals surface area contributed by atoms with Crippen molar-refractivity contribution >= 4 is 23.1 Å². The van der Waals surface area contributed by atoms with E-state index >= 15 is 0 Å². The van der Waals surface area contributed by atoms with Gasteiger partial charge in [-0.15, -0.1) is 0 Å². The third-order valence-electron chi connectivity index (χ3n) is 7.46. The molecule has 1 aromatic carbocycles. The van der Waals surface area contributed by atoms with E-state index < -0.39 is 66.7 Å². The second-order valence-corrected chi connectivity index (χ2v) is 10.1. The molecule has 2 N–H and O–H groups in total. The molecule has 9 nitrogen and oxygen atoms in total. The van der Waals surface area contributed by atoms with Gasteiger partial charge in [-0.2, -0.15) is 13.2 Å². The summed E-state index contributed by atoms with van der Waals surface area (Å²) >= 11 is 0. The van der Waals surface area contributed by atoms with Crippen LogP contribution in [-0.2, 0) is 4.79 Å². The van der Waals surface area contributed by atoms with E-state index in [1.807, 2.05) is 0 Å². The number of pyridine rings is 1. The molecule has 1 unspecified atom stereocenters. The Labute approximate surface area is 225 Å². The van der Waals surface area contributed by atoms with Gasteiger partial charge in [0.2, 0.25) is 5.91 Å². The van der Waals surface area contributed by atoms with Gasteiger partial charge in [0.15, 0.2) is 17.3 Å². The van der Waals surface area contributed by atoms with Crippen molar-refractivity contribution in [3.05, 3.63) is 64.2 Å². The largest absolute Gasteiger partial charge is 0.406 e. The molecule has 2 aliphatic rings. The normalized spacial score (nSPS) is 22.4. The summed E-state index contributed by atoms with van der Waals surface area (Å²) in [6, 6.07) is 4.73. The molecule has 0 saturated carbocycles. The molecule has 3 aromatic rings. The van der Waals surface area contributed by atoms with Gasteiger partial charge in [-0.3, -0.25) is 14.3 Å². The second kappa shape index (κ2) is 10.9. The molecule has 2 fully saturated rings. The average Bonchev–Trinajstić information content (AvgIpc) is 3.17. The van der Waals surface area contributed by atoms with Crippen LogP contribution in [0.1, 0.15) is 49.8 Å². The van der Waals surface area contributed by atoms with E-state index in [9.17, 15) is 36.3 Å². The first-order valence-corrected chi connectivity index (χ1v) is 13.0. The maximum absolute atomic E-state index is 14.5. The lowest BCUT2D eigenvalue weighted by atomic mass is 9.93. The highest BCUT2D eigenvalue weighted by Gasteiger charge is 2.41. The van der Waals surface area contributed by atoms with E-state index in [1.54, 1.807) is 12.1 Å². The van der Waals surface area contributed by atoms with Gasteiger partial charge in [-0.05, 0) is 55.9 Å². The molecule has 2 saturated heterocycles. The van der Waals surface area contributed by atoms with Crippen molar-refractivity contribution in [2.45, 2.75) is 56.4 Å². The number of aromatic nitrogens is 3. The van der Waals surface area contributed by atoms with Gasteiger partial charge in [-0.1, -0.05) is 12.1 Å².